The SMILES string of the molecule is Cn1c(C(=O)OCC(N)=O)ccc1-c1ccccc1. The number of carbonyl (C=O) groups is 2. The molecule has 0 atom stereocenters. The Hall–Kier alpha value is -2.56. The van der Waals surface area contributed by atoms with Crippen molar-refractivity contribution in [2.24, 2.45) is 12.8 Å². The number of amides is 1. The summed E-state index contributed by atoms with van der Waals surface area (Å²) in [4.78, 5) is 22.3. The predicted octanol–water partition coefficient (Wildman–Crippen LogP) is 1.33. The first-order chi connectivity index (χ1) is 9.09. The fourth-order valence-electron chi connectivity index (χ4n) is 1.83. The highest BCUT2D eigenvalue weighted by Gasteiger charge is 2.15. The van der Waals surface area contributed by atoms with Crippen LogP contribution >= 0.6 is 0 Å². The number of esters is 1. The van der Waals surface area contributed by atoms with E-state index in [1.165, 1.54) is 0 Å². The fraction of sp³-hybridized carbons (Fsp3) is 0.143. The Kier molecular flexibility index (Phi) is 3.66. The number of nitrogens with zero attached hydrogens (tertiary/aromatic N) is 1. The smallest absolute Gasteiger partial charge is 0.355 e. The van der Waals surface area contributed by atoms with Crippen molar-refractivity contribution < 1.29 is 14.3 Å². The summed E-state index contributed by atoms with van der Waals surface area (Å²) in [5.74, 6) is -1.24. The van der Waals surface area contributed by atoms with Gasteiger partial charge < -0.3 is 15.0 Å². The molecule has 19 heavy (non-hydrogen) atoms. The van der Waals surface area contributed by atoms with Gasteiger partial charge in [0.15, 0.2) is 6.61 Å². The first-order valence-corrected chi connectivity index (χ1v) is 5.76. The third-order valence-electron chi connectivity index (χ3n) is 2.75. The minimum atomic E-state index is -0.675. The van der Waals surface area contributed by atoms with Gasteiger partial charge in [0.25, 0.3) is 5.91 Å². The lowest BCUT2D eigenvalue weighted by Gasteiger charge is -2.07. The quantitative estimate of drug-likeness (QED) is 0.841. The molecule has 0 bridgehead atoms. The molecule has 2 aromatic rings. The van der Waals surface area contributed by atoms with Crippen LogP contribution in [0.5, 0.6) is 0 Å². The van der Waals surface area contributed by atoms with Gasteiger partial charge in [0.2, 0.25) is 0 Å². The summed E-state index contributed by atoms with van der Waals surface area (Å²) in [5.41, 5.74) is 7.20. The zero-order valence-electron chi connectivity index (χ0n) is 10.5. The molecule has 0 radical (unpaired) electrons. The van der Waals surface area contributed by atoms with Crippen LogP contribution in [0.2, 0.25) is 0 Å². The van der Waals surface area contributed by atoms with Crippen LogP contribution in [-0.2, 0) is 16.6 Å². The Morgan fingerprint density at radius 2 is 1.84 bits per heavy atom. The van der Waals surface area contributed by atoms with Crippen LogP contribution in [0, 0.1) is 0 Å². The second kappa shape index (κ2) is 5.39. The minimum absolute atomic E-state index is 0.375. The van der Waals surface area contributed by atoms with Crippen LogP contribution in [-0.4, -0.2) is 23.1 Å². The summed E-state index contributed by atoms with van der Waals surface area (Å²) in [6.45, 7) is -0.412. The summed E-state index contributed by atoms with van der Waals surface area (Å²) in [5, 5.41) is 0. The Morgan fingerprint density at radius 1 is 1.16 bits per heavy atom. The Labute approximate surface area is 110 Å². The molecule has 0 fully saturated rings. The molecule has 5 heteroatoms. The number of nitrogens with two attached hydrogens (primary N) is 1. The van der Waals surface area contributed by atoms with Gasteiger partial charge in [0.05, 0.1) is 0 Å². The highest BCUT2D eigenvalue weighted by Crippen LogP contribution is 2.21. The summed E-state index contributed by atoms with van der Waals surface area (Å²) in [7, 11) is 1.77. The third kappa shape index (κ3) is 2.82. The summed E-state index contributed by atoms with van der Waals surface area (Å²) in [6, 6.07) is 13.2. The van der Waals surface area contributed by atoms with Crippen LogP contribution in [0.4, 0.5) is 0 Å². The Balaban J connectivity index is 2.24. The van der Waals surface area contributed by atoms with Gasteiger partial charge in [-0.15, -0.1) is 0 Å². The maximum absolute atomic E-state index is 11.8. The molecule has 1 heterocycles. The lowest BCUT2D eigenvalue weighted by atomic mass is 10.2. The van der Waals surface area contributed by atoms with E-state index in [9.17, 15) is 9.59 Å². The lowest BCUT2D eigenvalue weighted by molar-refractivity contribution is -0.121. The first-order valence-electron chi connectivity index (χ1n) is 5.76. The Bertz CT molecular complexity index is 602. The van der Waals surface area contributed by atoms with Crippen molar-refractivity contribution in [1.82, 2.24) is 4.57 Å². The molecule has 0 aliphatic carbocycles. The van der Waals surface area contributed by atoms with Crippen LogP contribution in [0.15, 0.2) is 42.5 Å². The van der Waals surface area contributed by atoms with Gasteiger partial charge in [-0.1, -0.05) is 30.3 Å². The van der Waals surface area contributed by atoms with Crippen LogP contribution in [0.25, 0.3) is 11.3 Å². The highest BCUT2D eigenvalue weighted by molar-refractivity contribution is 5.90. The molecule has 0 unspecified atom stereocenters. The summed E-state index contributed by atoms with van der Waals surface area (Å²) >= 11 is 0. The molecule has 1 aromatic heterocycles. The first kappa shape index (κ1) is 12.9. The second-order valence-corrected chi connectivity index (χ2v) is 4.07. The largest absolute Gasteiger partial charge is 0.451 e. The van der Waals surface area contributed by atoms with Gasteiger partial charge in [-0.05, 0) is 17.7 Å². The van der Waals surface area contributed by atoms with Gasteiger partial charge in [0.1, 0.15) is 5.69 Å². The molecule has 0 aliphatic rings. The van der Waals surface area contributed by atoms with Crippen molar-refractivity contribution in [1.29, 1.82) is 0 Å². The van der Waals surface area contributed by atoms with Gasteiger partial charge in [-0.2, -0.15) is 0 Å². The standard InChI is InChI=1S/C14H14N2O3/c1-16-11(10-5-3-2-4-6-10)7-8-12(16)14(18)19-9-13(15)17/h2-8H,9H2,1H3,(H2,15,17). The van der Waals surface area contributed by atoms with Gasteiger partial charge in [-0.3, -0.25) is 4.79 Å². The Morgan fingerprint density at radius 3 is 2.47 bits per heavy atom. The van der Waals surface area contributed by atoms with Crippen LogP contribution in [0.1, 0.15) is 10.5 Å². The van der Waals surface area contributed by atoms with Crippen molar-refractivity contribution >= 4 is 11.9 Å². The number of primary amides is 1. The van der Waals surface area contributed by atoms with Crippen molar-refractivity contribution in [2.45, 2.75) is 0 Å². The maximum Gasteiger partial charge on any atom is 0.355 e. The van der Waals surface area contributed by atoms with E-state index in [1.807, 2.05) is 36.4 Å². The average molecular weight is 258 g/mol. The number of carbonyl (C=O) groups excluding carboxylic acids is 2. The zero-order chi connectivity index (χ0) is 13.8. The molecule has 0 saturated carbocycles. The van der Waals surface area contributed by atoms with Crippen molar-refractivity contribution in [3.05, 3.63) is 48.2 Å². The lowest BCUT2D eigenvalue weighted by Crippen LogP contribution is -2.21. The number of ether oxygens (including phenoxy) is 1. The van der Waals surface area contributed by atoms with Gasteiger partial charge >= 0.3 is 5.97 Å². The molecular weight excluding hydrogens is 244 g/mol. The van der Waals surface area contributed by atoms with Crippen LogP contribution < -0.4 is 5.73 Å². The predicted molar refractivity (Wildman–Crippen MR) is 70.3 cm³/mol. The number of rotatable bonds is 4. The number of aromatic nitrogens is 1. The van der Waals surface area contributed by atoms with Crippen LogP contribution in [0.3, 0.4) is 0 Å². The fourth-order valence-corrected chi connectivity index (χ4v) is 1.83. The van der Waals surface area contributed by atoms with E-state index in [0.29, 0.717) is 5.69 Å². The van der Waals surface area contributed by atoms with E-state index in [0.717, 1.165) is 11.3 Å². The summed E-state index contributed by atoms with van der Waals surface area (Å²) < 4.78 is 6.51. The monoisotopic (exact) mass is 258 g/mol. The van der Waals surface area contributed by atoms with E-state index in [2.05, 4.69) is 0 Å². The molecule has 98 valence electrons. The van der Waals surface area contributed by atoms with Crippen molar-refractivity contribution in [3.8, 4) is 11.3 Å². The molecule has 0 aliphatic heterocycles. The topological polar surface area (TPSA) is 74.3 Å². The summed E-state index contributed by atoms with van der Waals surface area (Å²) in [6.07, 6.45) is 0. The number of hydrogen-bond acceptors (Lipinski definition) is 3. The number of hydrogen-bond donors (Lipinski definition) is 1. The van der Waals surface area contributed by atoms with Crippen molar-refractivity contribution in [3.63, 3.8) is 0 Å². The van der Waals surface area contributed by atoms with Gasteiger partial charge in [-0.25, -0.2) is 4.79 Å². The molecule has 0 spiro atoms. The molecule has 2 N–H and O–H groups in total. The number of benzene rings is 1. The molecule has 2 rings (SSSR count). The molecule has 1 amide bonds. The van der Waals surface area contributed by atoms with Crippen molar-refractivity contribution in [2.75, 3.05) is 6.61 Å². The van der Waals surface area contributed by atoms with E-state index in [-0.39, 0.29) is 0 Å². The highest BCUT2D eigenvalue weighted by atomic mass is 16.5. The average Bonchev–Trinajstić information content (AvgIpc) is 2.79. The van der Waals surface area contributed by atoms with E-state index in [4.69, 9.17) is 10.5 Å². The second-order valence-electron chi connectivity index (χ2n) is 4.07. The third-order valence-corrected chi connectivity index (χ3v) is 2.75. The molecular formula is C14H14N2O3. The molecule has 5 nitrogen and oxygen atoms in total. The zero-order valence-corrected chi connectivity index (χ0v) is 10.5. The molecule has 1 aromatic carbocycles. The normalized spacial score (nSPS) is 10.2. The van der Waals surface area contributed by atoms with Gasteiger partial charge in [0, 0.05) is 12.7 Å². The minimum Gasteiger partial charge on any atom is -0.451 e. The van der Waals surface area contributed by atoms with E-state index in [1.54, 1.807) is 17.7 Å². The van der Waals surface area contributed by atoms with E-state index >= 15 is 0 Å². The van der Waals surface area contributed by atoms with E-state index < -0.39 is 18.5 Å². The molecule has 0 saturated heterocycles. The maximum atomic E-state index is 11.8.